The molecule has 1 aliphatic rings. The molecule has 0 aromatic heterocycles. The van der Waals surface area contributed by atoms with Crippen molar-refractivity contribution < 1.29 is 14.2 Å². The first kappa shape index (κ1) is 13.9. The molecular formula is C12H25NO3. The summed E-state index contributed by atoms with van der Waals surface area (Å²) in [5, 5.41) is 3.47. The SMILES string of the molecule is COCCOCCOCCNC1CC1(C)C. The average Bonchev–Trinajstić information content (AvgIpc) is 2.84. The second-order valence-corrected chi connectivity index (χ2v) is 4.92. The quantitative estimate of drug-likeness (QED) is 0.571. The van der Waals surface area contributed by atoms with Gasteiger partial charge < -0.3 is 19.5 Å². The van der Waals surface area contributed by atoms with Gasteiger partial charge in [-0.2, -0.15) is 0 Å². The van der Waals surface area contributed by atoms with E-state index in [1.807, 2.05) is 0 Å². The van der Waals surface area contributed by atoms with Crippen LogP contribution in [0, 0.1) is 5.41 Å². The summed E-state index contributed by atoms with van der Waals surface area (Å²) in [6.07, 6.45) is 1.28. The van der Waals surface area contributed by atoms with Gasteiger partial charge in [0.25, 0.3) is 0 Å². The standard InChI is InChI=1S/C12H25NO3/c1-12(2)10-11(12)13-4-5-15-8-9-16-7-6-14-3/h11,13H,4-10H2,1-3H3. The molecule has 0 saturated heterocycles. The van der Waals surface area contributed by atoms with Gasteiger partial charge in [-0.05, 0) is 11.8 Å². The molecule has 0 aromatic rings. The Morgan fingerprint density at radius 1 is 1.06 bits per heavy atom. The third kappa shape index (κ3) is 5.80. The van der Waals surface area contributed by atoms with E-state index in [2.05, 4.69) is 19.2 Å². The highest BCUT2D eigenvalue weighted by Crippen LogP contribution is 2.44. The van der Waals surface area contributed by atoms with E-state index in [9.17, 15) is 0 Å². The second-order valence-electron chi connectivity index (χ2n) is 4.92. The summed E-state index contributed by atoms with van der Waals surface area (Å²) < 4.78 is 15.6. The molecule has 96 valence electrons. The predicted molar refractivity (Wildman–Crippen MR) is 63.7 cm³/mol. The Bertz CT molecular complexity index is 185. The Morgan fingerprint density at radius 2 is 1.62 bits per heavy atom. The highest BCUT2D eigenvalue weighted by Gasteiger charge is 2.44. The summed E-state index contributed by atoms with van der Waals surface area (Å²) in [5.41, 5.74) is 0.503. The zero-order valence-electron chi connectivity index (χ0n) is 10.8. The third-order valence-electron chi connectivity index (χ3n) is 2.95. The lowest BCUT2D eigenvalue weighted by atomic mass is 10.2. The number of ether oxygens (including phenoxy) is 3. The molecule has 1 atom stereocenters. The van der Waals surface area contributed by atoms with E-state index in [1.165, 1.54) is 6.42 Å². The minimum absolute atomic E-state index is 0.503. The monoisotopic (exact) mass is 231 g/mol. The van der Waals surface area contributed by atoms with Crippen molar-refractivity contribution >= 4 is 0 Å². The minimum Gasteiger partial charge on any atom is -0.382 e. The second kappa shape index (κ2) is 7.22. The summed E-state index contributed by atoms with van der Waals surface area (Å²) >= 11 is 0. The maximum atomic E-state index is 5.43. The molecule has 1 rings (SSSR count). The molecule has 1 fully saturated rings. The van der Waals surface area contributed by atoms with Crippen LogP contribution < -0.4 is 5.32 Å². The fourth-order valence-corrected chi connectivity index (χ4v) is 1.59. The topological polar surface area (TPSA) is 39.7 Å². The number of methoxy groups -OCH3 is 1. The molecule has 0 bridgehead atoms. The Kier molecular flexibility index (Phi) is 6.28. The Balaban J connectivity index is 1.72. The summed E-state index contributed by atoms with van der Waals surface area (Å²) in [4.78, 5) is 0. The van der Waals surface area contributed by atoms with Crippen LogP contribution in [0.3, 0.4) is 0 Å². The van der Waals surface area contributed by atoms with Crippen LogP contribution in [-0.4, -0.2) is 52.7 Å². The van der Waals surface area contributed by atoms with Gasteiger partial charge in [-0.1, -0.05) is 13.8 Å². The molecule has 4 heteroatoms. The van der Waals surface area contributed by atoms with Crippen molar-refractivity contribution in [3.05, 3.63) is 0 Å². The Hall–Kier alpha value is -0.160. The molecule has 1 saturated carbocycles. The van der Waals surface area contributed by atoms with Crippen LogP contribution in [-0.2, 0) is 14.2 Å². The van der Waals surface area contributed by atoms with Gasteiger partial charge in [-0.25, -0.2) is 0 Å². The van der Waals surface area contributed by atoms with E-state index in [1.54, 1.807) is 7.11 Å². The van der Waals surface area contributed by atoms with Crippen LogP contribution in [0.5, 0.6) is 0 Å². The van der Waals surface area contributed by atoms with Gasteiger partial charge in [-0.15, -0.1) is 0 Å². The van der Waals surface area contributed by atoms with Crippen molar-refractivity contribution in [1.82, 2.24) is 5.32 Å². The molecule has 0 heterocycles. The molecule has 4 nitrogen and oxygen atoms in total. The Labute approximate surface area is 98.6 Å². The predicted octanol–water partition coefficient (Wildman–Crippen LogP) is 1.05. The summed E-state index contributed by atoms with van der Waals surface area (Å²) in [6.45, 7) is 8.89. The third-order valence-corrected chi connectivity index (χ3v) is 2.95. The van der Waals surface area contributed by atoms with Gasteiger partial charge in [-0.3, -0.25) is 0 Å². The number of nitrogens with one attached hydrogen (secondary N) is 1. The first-order valence-corrected chi connectivity index (χ1v) is 6.04. The summed E-state index contributed by atoms with van der Waals surface area (Å²) in [6, 6.07) is 0.689. The van der Waals surface area contributed by atoms with Crippen LogP contribution >= 0.6 is 0 Å². The molecule has 0 radical (unpaired) electrons. The van der Waals surface area contributed by atoms with E-state index in [0.29, 0.717) is 37.9 Å². The van der Waals surface area contributed by atoms with E-state index in [-0.39, 0.29) is 0 Å². The van der Waals surface area contributed by atoms with Crippen LogP contribution in [0.4, 0.5) is 0 Å². The van der Waals surface area contributed by atoms with E-state index in [4.69, 9.17) is 14.2 Å². The lowest BCUT2D eigenvalue weighted by Crippen LogP contribution is -2.25. The molecule has 0 spiro atoms. The van der Waals surface area contributed by atoms with Crippen molar-refractivity contribution in [2.75, 3.05) is 46.7 Å². The van der Waals surface area contributed by atoms with Gasteiger partial charge >= 0.3 is 0 Å². The fourth-order valence-electron chi connectivity index (χ4n) is 1.59. The van der Waals surface area contributed by atoms with Gasteiger partial charge in [0, 0.05) is 19.7 Å². The maximum absolute atomic E-state index is 5.43. The lowest BCUT2D eigenvalue weighted by molar-refractivity contribution is 0.0254. The van der Waals surface area contributed by atoms with Crippen LogP contribution in [0.15, 0.2) is 0 Å². The summed E-state index contributed by atoms with van der Waals surface area (Å²) in [7, 11) is 1.67. The molecule has 16 heavy (non-hydrogen) atoms. The van der Waals surface area contributed by atoms with Gasteiger partial charge in [0.15, 0.2) is 0 Å². The minimum atomic E-state index is 0.503. The number of hydrogen-bond acceptors (Lipinski definition) is 4. The van der Waals surface area contributed by atoms with Crippen molar-refractivity contribution in [2.45, 2.75) is 26.3 Å². The molecule has 0 aromatic carbocycles. The van der Waals surface area contributed by atoms with E-state index < -0.39 is 0 Å². The lowest BCUT2D eigenvalue weighted by Gasteiger charge is -2.07. The molecule has 1 N–H and O–H groups in total. The molecule has 1 unspecified atom stereocenters. The van der Waals surface area contributed by atoms with E-state index in [0.717, 1.165) is 13.2 Å². The highest BCUT2D eigenvalue weighted by atomic mass is 16.5. The molecule has 0 aliphatic heterocycles. The average molecular weight is 231 g/mol. The zero-order valence-corrected chi connectivity index (χ0v) is 10.8. The zero-order chi connectivity index (χ0) is 11.9. The number of rotatable bonds is 10. The van der Waals surface area contributed by atoms with Crippen LogP contribution in [0.25, 0.3) is 0 Å². The van der Waals surface area contributed by atoms with Crippen LogP contribution in [0.2, 0.25) is 0 Å². The molecule has 1 aliphatic carbocycles. The summed E-state index contributed by atoms with van der Waals surface area (Å²) in [5.74, 6) is 0. The van der Waals surface area contributed by atoms with Crippen molar-refractivity contribution in [3.8, 4) is 0 Å². The number of hydrogen-bond donors (Lipinski definition) is 1. The first-order chi connectivity index (χ1) is 7.67. The largest absolute Gasteiger partial charge is 0.382 e. The molecular weight excluding hydrogens is 206 g/mol. The van der Waals surface area contributed by atoms with Gasteiger partial charge in [0.1, 0.15) is 0 Å². The molecule has 0 amide bonds. The van der Waals surface area contributed by atoms with E-state index >= 15 is 0 Å². The maximum Gasteiger partial charge on any atom is 0.0701 e. The fraction of sp³-hybridized carbons (Fsp3) is 1.00. The normalized spacial score (nSPS) is 22.3. The Morgan fingerprint density at radius 3 is 2.19 bits per heavy atom. The smallest absolute Gasteiger partial charge is 0.0701 e. The van der Waals surface area contributed by atoms with Crippen LogP contribution in [0.1, 0.15) is 20.3 Å². The first-order valence-electron chi connectivity index (χ1n) is 6.04. The van der Waals surface area contributed by atoms with Crippen molar-refractivity contribution in [1.29, 1.82) is 0 Å². The highest BCUT2D eigenvalue weighted by molar-refractivity contribution is 5.01. The van der Waals surface area contributed by atoms with Crippen molar-refractivity contribution in [2.24, 2.45) is 5.41 Å². The van der Waals surface area contributed by atoms with Gasteiger partial charge in [0.05, 0.1) is 33.0 Å². The van der Waals surface area contributed by atoms with Gasteiger partial charge in [0.2, 0.25) is 0 Å². The van der Waals surface area contributed by atoms with Crippen molar-refractivity contribution in [3.63, 3.8) is 0 Å².